The van der Waals surface area contributed by atoms with Gasteiger partial charge in [-0.2, -0.15) is 9.97 Å². The number of fused-ring (bicyclic) bond motifs is 1. The smallest absolute Gasteiger partial charge is 0.257 e. The van der Waals surface area contributed by atoms with Gasteiger partial charge in [-0.1, -0.05) is 48.5 Å². The molecule has 6 nitrogen and oxygen atoms in total. The molecule has 0 aliphatic carbocycles. The number of para-hydroxylation sites is 1. The van der Waals surface area contributed by atoms with Crippen molar-refractivity contribution >= 4 is 28.5 Å². The molecule has 25 heavy (non-hydrogen) atoms. The highest BCUT2D eigenvalue weighted by Gasteiger charge is 2.11. The van der Waals surface area contributed by atoms with Gasteiger partial charge in [-0.25, -0.2) is 0 Å². The lowest BCUT2D eigenvalue weighted by Gasteiger charge is -2.09. The monoisotopic (exact) mass is 329 g/mol. The molecule has 0 amide bonds. The summed E-state index contributed by atoms with van der Waals surface area (Å²) in [4.78, 5) is 23.9. The van der Waals surface area contributed by atoms with E-state index in [0.717, 1.165) is 11.3 Å². The van der Waals surface area contributed by atoms with Crippen LogP contribution in [0.1, 0.15) is 0 Å². The Morgan fingerprint density at radius 3 is 2.32 bits per heavy atom. The summed E-state index contributed by atoms with van der Waals surface area (Å²) in [6.07, 6.45) is 0. The van der Waals surface area contributed by atoms with Gasteiger partial charge in [-0.05, 0) is 23.8 Å². The summed E-state index contributed by atoms with van der Waals surface area (Å²) in [5.74, 6) is 0.635. The number of benzene rings is 2. The molecule has 2 aromatic carbocycles. The Hall–Kier alpha value is -3.67. The zero-order valence-corrected chi connectivity index (χ0v) is 13.2. The van der Waals surface area contributed by atoms with E-state index >= 15 is 0 Å². The molecule has 6 heteroatoms. The van der Waals surface area contributed by atoms with Crippen molar-refractivity contribution in [1.82, 2.24) is 15.0 Å². The largest absolute Gasteiger partial charge is 0.383 e. The molecule has 4 rings (SSSR count). The van der Waals surface area contributed by atoms with Crippen LogP contribution in [0.2, 0.25) is 0 Å². The lowest BCUT2D eigenvalue weighted by molar-refractivity contribution is 1.17. The number of pyridine rings is 1. The van der Waals surface area contributed by atoms with E-state index in [0.29, 0.717) is 28.4 Å². The average Bonchev–Trinajstić information content (AvgIpc) is 2.63. The van der Waals surface area contributed by atoms with Crippen LogP contribution in [0.15, 0.2) is 71.5 Å². The fraction of sp³-hybridized carbons (Fsp3) is 0. The molecule has 0 saturated heterocycles. The standard InChI is InChI=1S/C19H15N5O/c20-16-15-11-14(12-7-3-1-4-8-12)18(25)23-17(15)24-19(22-16)21-13-9-5-2-6-10-13/h1-11H,(H4,20,21,22,23,24,25). The molecule has 4 N–H and O–H groups in total. The molecule has 2 heterocycles. The van der Waals surface area contributed by atoms with E-state index in [2.05, 4.69) is 20.3 Å². The number of anilines is 3. The number of nitrogens with one attached hydrogen (secondary N) is 2. The van der Waals surface area contributed by atoms with E-state index in [9.17, 15) is 4.79 Å². The second-order valence-electron chi connectivity index (χ2n) is 5.56. The molecule has 0 radical (unpaired) electrons. The molecule has 0 atom stereocenters. The lowest BCUT2D eigenvalue weighted by Crippen LogP contribution is -2.12. The Labute approximate surface area is 143 Å². The van der Waals surface area contributed by atoms with Crippen molar-refractivity contribution in [1.29, 1.82) is 0 Å². The molecular weight excluding hydrogens is 314 g/mol. The van der Waals surface area contributed by atoms with Crippen LogP contribution in [-0.4, -0.2) is 15.0 Å². The first-order valence-corrected chi connectivity index (χ1v) is 7.79. The Balaban J connectivity index is 1.81. The number of hydrogen-bond acceptors (Lipinski definition) is 5. The first-order chi connectivity index (χ1) is 12.2. The van der Waals surface area contributed by atoms with Crippen LogP contribution in [0.5, 0.6) is 0 Å². The van der Waals surface area contributed by atoms with E-state index in [1.807, 2.05) is 60.7 Å². The highest BCUT2D eigenvalue weighted by molar-refractivity contribution is 5.89. The molecule has 0 aliphatic heterocycles. The van der Waals surface area contributed by atoms with Gasteiger partial charge in [0.2, 0.25) is 5.95 Å². The van der Waals surface area contributed by atoms with Gasteiger partial charge < -0.3 is 16.0 Å². The minimum atomic E-state index is -0.220. The Kier molecular flexibility index (Phi) is 3.63. The number of rotatable bonds is 3. The van der Waals surface area contributed by atoms with Crippen molar-refractivity contribution in [2.75, 3.05) is 11.1 Å². The maximum Gasteiger partial charge on any atom is 0.257 e. The normalized spacial score (nSPS) is 10.7. The van der Waals surface area contributed by atoms with E-state index in [-0.39, 0.29) is 5.56 Å². The summed E-state index contributed by atoms with van der Waals surface area (Å²) >= 11 is 0. The van der Waals surface area contributed by atoms with Crippen LogP contribution in [-0.2, 0) is 0 Å². The zero-order valence-electron chi connectivity index (χ0n) is 13.2. The van der Waals surface area contributed by atoms with Crippen LogP contribution in [0.4, 0.5) is 17.5 Å². The Bertz CT molecular complexity index is 1090. The Morgan fingerprint density at radius 2 is 1.60 bits per heavy atom. The second kappa shape index (κ2) is 6.09. The van der Waals surface area contributed by atoms with Gasteiger partial charge in [0.15, 0.2) is 0 Å². The summed E-state index contributed by atoms with van der Waals surface area (Å²) in [5.41, 5.74) is 8.46. The predicted octanol–water partition coefficient (Wildman–Crippen LogP) is 3.31. The van der Waals surface area contributed by atoms with Crippen molar-refractivity contribution in [2.45, 2.75) is 0 Å². The summed E-state index contributed by atoms with van der Waals surface area (Å²) in [6, 6.07) is 20.7. The van der Waals surface area contributed by atoms with Crippen molar-refractivity contribution < 1.29 is 0 Å². The SMILES string of the molecule is Nc1nc(Nc2ccccc2)nc2[nH]c(=O)c(-c3ccccc3)cc12. The Morgan fingerprint density at radius 1 is 0.920 bits per heavy atom. The van der Waals surface area contributed by atoms with Crippen molar-refractivity contribution in [3.05, 3.63) is 77.1 Å². The van der Waals surface area contributed by atoms with Gasteiger partial charge in [0.1, 0.15) is 11.5 Å². The van der Waals surface area contributed by atoms with Crippen molar-refractivity contribution in [3.63, 3.8) is 0 Å². The minimum Gasteiger partial charge on any atom is -0.383 e. The first kappa shape index (κ1) is 14.9. The summed E-state index contributed by atoms with van der Waals surface area (Å²) in [6.45, 7) is 0. The van der Waals surface area contributed by atoms with Gasteiger partial charge in [-0.3, -0.25) is 4.79 Å². The van der Waals surface area contributed by atoms with Crippen LogP contribution in [0.25, 0.3) is 22.2 Å². The molecule has 2 aromatic heterocycles. The molecular formula is C19H15N5O. The molecule has 0 aliphatic rings. The molecule has 0 unspecified atom stereocenters. The van der Waals surface area contributed by atoms with Gasteiger partial charge >= 0.3 is 0 Å². The van der Waals surface area contributed by atoms with Crippen LogP contribution in [0, 0.1) is 0 Å². The number of nitrogen functional groups attached to an aromatic ring is 1. The number of nitrogens with two attached hydrogens (primary N) is 1. The third kappa shape index (κ3) is 2.92. The van der Waals surface area contributed by atoms with Crippen LogP contribution in [0.3, 0.4) is 0 Å². The van der Waals surface area contributed by atoms with Crippen molar-refractivity contribution in [3.8, 4) is 11.1 Å². The number of H-pyrrole nitrogens is 1. The topological polar surface area (TPSA) is 96.7 Å². The fourth-order valence-corrected chi connectivity index (χ4v) is 2.65. The second-order valence-corrected chi connectivity index (χ2v) is 5.56. The number of aromatic amines is 1. The van der Waals surface area contributed by atoms with E-state index in [1.54, 1.807) is 6.07 Å². The maximum absolute atomic E-state index is 12.4. The van der Waals surface area contributed by atoms with Gasteiger partial charge in [0.25, 0.3) is 5.56 Å². The fourth-order valence-electron chi connectivity index (χ4n) is 2.65. The molecule has 0 spiro atoms. The van der Waals surface area contributed by atoms with E-state index in [4.69, 9.17) is 5.73 Å². The van der Waals surface area contributed by atoms with Gasteiger partial charge in [0.05, 0.1) is 5.39 Å². The quantitative estimate of drug-likeness (QED) is 0.536. The highest BCUT2D eigenvalue weighted by atomic mass is 16.1. The molecule has 0 fully saturated rings. The first-order valence-electron chi connectivity index (χ1n) is 7.79. The molecule has 0 saturated carbocycles. The predicted molar refractivity (Wildman–Crippen MR) is 99.7 cm³/mol. The van der Waals surface area contributed by atoms with Crippen molar-refractivity contribution in [2.24, 2.45) is 0 Å². The number of hydrogen-bond donors (Lipinski definition) is 3. The van der Waals surface area contributed by atoms with Gasteiger partial charge in [0, 0.05) is 11.3 Å². The molecule has 4 aromatic rings. The lowest BCUT2D eigenvalue weighted by atomic mass is 10.1. The van der Waals surface area contributed by atoms with Gasteiger partial charge in [-0.15, -0.1) is 0 Å². The zero-order chi connectivity index (χ0) is 17.2. The van der Waals surface area contributed by atoms with Crippen LogP contribution < -0.4 is 16.6 Å². The molecule has 0 bridgehead atoms. The van der Waals surface area contributed by atoms with E-state index < -0.39 is 0 Å². The minimum absolute atomic E-state index is 0.220. The highest BCUT2D eigenvalue weighted by Crippen LogP contribution is 2.23. The summed E-state index contributed by atoms with van der Waals surface area (Å²) in [5, 5.41) is 3.69. The number of aromatic nitrogens is 3. The van der Waals surface area contributed by atoms with Crippen LogP contribution >= 0.6 is 0 Å². The third-order valence-corrected chi connectivity index (χ3v) is 3.86. The third-order valence-electron chi connectivity index (χ3n) is 3.86. The maximum atomic E-state index is 12.4. The molecule has 122 valence electrons. The summed E-state index contributed by atoms with van der Waals surface area (Å²) in [7, 11) is 0. The summed E-state index contributed by atoms with van der Waals surface area (Å²) < 4.78 is 0. The van der Waals surface area contributed by atoms with E-state index in [1.165, 1.54) is 0 Å². The average molecular weight is 329 g/mol. The number of nitrogens with zero attached hydrogens (tertiary/aromatic N) is 2.